The fourth-order valence-electron chi connectivity index (χ4n) is 2.75. The first-order chi connectivity index (χ1) is 8.11. The molecule has 1 aliphatic carbocycles. The molecule has 1 aliphatic heterocycles. The summed E-state index contributed by atoms with van der Waals surface area (Å²) in [5.41, 5.74) is -0.674. The van der Waals surface area contributed by atoms with E-state index in [2.05, 4.69) is 0 Å². The van der Waals surface area contributed by atoms with E-state index in [1.165, 1.54) is 4.90 Å². The predicted molar refractivity (Wildman–Crippen MR) is 59.0 cm³/mol. The number of alkyl halides is 3. The Balaban J connectivity index is 2.04. The maximum absolute atomic E-state index is 12.7. The van der Waals surface area contributed by atoms with E-state index in [0.717, 1.165) is 0 Å². The number of rotatable bonds is 0. The lowest BCUT2D eigenvalue weighted by atomic mass is 10.1. The van der Waals surface area contributed by atoms with Gasteiger partial charge in [0.1, 0.15) is 5.60 Å². The van der Waals surface area contributed by atoms with Crippen molar-refractivity contribution in [1.29, 1.82) is 0 Å². The van der Waals surface area contributed by atoms with Crippen molar-refractivity contribution < 1.29 is 22.7 Å². The lowest BCUT2D eigenvalue weighted by molar-refractivity contribution is -0.153. The Morgan fingerprint density at radius 1 is 1.28 bits per heavy atom. The van der Waals surface area contributed by atoms with Crippen LogP contribution in [-0.2, 0) is 4.74 Å². The van der Waals surface area contributed by atoms with Crippen LogP contribution in [0, 0.1) is 11.8 Å². The van der Waals surface area contributed by atoms with E-state index in [9.17, 15) is 18.0 Å². The van der Waals surface area contributed by atoms with E-state index in [1.807, 2.05) is 0 Å². The highest BCUT2D eigenvalue weighted by Crippen LogP contribution is 2.57. The van der Waals surface area contributed by atoms with Crippen LogP contribution in [0.4, 0.5) is 18.0 Å². The van der Waals surface area contributed by atoms with Gasteiger partial charge in [0.2, 0.25) is 0 Å². The molecule has 2 fully saturated rings. The third-order valence-corrected chi connectivity index (χ3v) is 3.43. The summed E-state index contributed by atoms with van der Waals surface area (Å²) in [5.74, 6) is -1.78. The number of amides is 1. The topological polar surface area (TPSA) is 29.5 Å². The molecule has 18 heavy (non-hydrogen) atoms. The molecule has 104 valence electrons. The van der Waals surface area contributed by atoms with Gasteiger partial charge in [-0.25, -0.2) is 4.79 Å². The second kappa shape index (κ2) is 4.03. The highest BCUT2D eigenvalue weighted by Gasteiger charge is 2.68. The van der Waals surface area contributed by atoms with Crippen LogP contribution in [0.15, 0.2) is 0 Å². The number of carbonyl (C=O) groups excluding carboxylic acids is 1. The summed E-state index contributed by atoms with van der Waals surface area (Å²) in [7, 11) is 0. The maximum Gasteiger partial charge on any atom is 0.410 e. The highest BCUT2D eigenvalue weighted by molar-refractivity contribution is 5.69. The van der Waals surface area contributed by atoms with Gasteiger partial charge < -0.3 is 9.64 Å². The maximum atomic E-state index is 12.7. The number of likely N-dealkylation sites (tertiary alicyclic amines) is 1. The normalized spacial score (nSPS) is 31.9. The number of halogens is 3. The number of fused-ring (bicyclic) bond motifs is 1. The summed E-state index contributed by atoms with van der Waals surface area (Å²) in [4.78, 5) is 13.1. The smallest absolute Gasteiger partial charge is 0.410 e. The van der Waals surface area contributed by atoms with E-state index in [1.54, 1.807) is 20.8 Å². The molecule has 0 aromatic carbocycles. The first kappa shape index (κ1) is 13.5. The molecule has 0 unspecified atom stereocenters. The van der Waals surface area contributed by atoms with Gasteiger partial charge in [-0.15, -0.1) is 0 Å². The second-order valence-corrected chi connectivity index (χ2v) is 6.04. The zero-order chi connectivity index (χ0) is 13.7. The zero-order valence-electron chi connectivity index (χ0n) is 10.8. The van der Waals surface area contributed by atoms with Crippen molar-refractivity contribution in [2.45, 2.75) is 51.4 Å². The lowest BCUT2D eigenvalue weighted by Gasteiger charge is -2.30. The second-order valence-electron chi connectivity index (χ2n) is 6.04. The average Bonchev–Trinajstić information content (AvgIpc) is 2.86. The lowest BCUT2D eigenvalue weighted by Crippen LogP contribution is -2.42. The molecule has 2 rings (SSSR count). The molecule has 0 aromatic heterocycles. The summed E-state index contributed by atoms with van der Waals surface area (Å²) in [6.45, 7) is 5.49. The van der Waals surface area contributed by atoms with Gasteiger partial charge in [-0.2, -0.15) is 13.2 Å². The van der Waals surface area contributed by atoms with E-state index < -0.39 is 35.7 Å². The molecule has 1 saturated heterocycles. The average molecular weight is 265 g/mol. The van der Waals surface area contributed by atoms with Crippen molar-refractivity contribution in [1.82, 2.24) is 4.90 Å². The zero-order valence-corrected chi connectivity index (χ0v) is 10.8. The number of nitrogens with zero attached hydrogens (tertiary/aromatic N) is 1. The third-order valence-electron chi connectivity index (χ3n) is 3.43. The van der Waals surface area contributed by atoms with E-state index in [0.29, 0.717) is 19.4 Å². The van der Waals surface area contributed by atoms with Crippen LogP contribution in [0.2, 0.25) is 0 Å². The van der Waals surface area contributed by atoms with Crippen LogP contribution in [0.5, 0.6) is 0 Å². The van der Waals surface area contributed by atoms with Gasteiger partial charge in [0.25, 0.3) is 0 Å². The number of hydrogen-bond donors (Lipinski definition) is 0. The van der Waals surface area contributed by atoms with Crippen LogP contribution in [-0.4, -0.2) is 35.4 Å². The van der Waals surface area contributed by atoms with Crippen LogP contribution < -0.4 is 0 Å². The van der Waals surface area contributed by atoms with Gasteiger partial charge >= 0.3 is 12.3 Å². The molecule has 2 aliphatic rings. The number of ether oxygens (including phenoxy) is 1. The Hall–Kier alpha value is -0.940. The summed E-state index contributed by atoms with van der Waals surface area (Å²) in [6, 6.07) is -0.700. The standard InChI is InChI=1S/C12H18F3NO2/c1-11(2,3)18-10(17)16-6-4-5-7-8(9(7)16)12(13,14)15/h7-9H,4-6H2,1-3H3/t7-,8-,9-/m0/s1. The van der Waals surface area contributed by atoms with Crippen molar-refractivity contribution in [3.63, 3.8) is 0 Å². The van der Waals surface area contributed by atoms with Gasteiger partial charge in [-0.05, 0) is 39.5 Å². The van der Waals surface area contributed by atoms with E-state index >= 15 is 0 Å². The Bertz CT molecular complexity index is 348. The van der Waals surface area contributed by atoms with Gasteiger partial charge in [-0.1, -0.05) is 0 Å². The summed E-state index contributed by atoms with van der Waals surface area (Å²) in [6.07, 6.45) is -3.66. The van der Waals surface area contributed by atoms with Crippen LogP contribution in [0.3, 0.4) is 0 Å². The monoisotopic (exact) mass is 265 g/mol. The van der Waals surface area contributed by atoms with Gasteiger partial charge in [-0.3, -0.25) is 0 Å². The minimum atomic E-state index is -4.21. The van der Waals surface area contributed by atoms with Crippen molar-refractivity contribution in [3.8, 4) is 0 Å². The first-order valence-corrected chi connectivity index (χ1v) is 6.17. The van der Waals surface area contributed by atoms with Crippen molar-refractivity contribution in [2.24, 2.45) is 11.8 Å². The molecule has 1 amide bonds. The van der Waals surface area contributed by atoms with Crippen molar-refractivity contribution in [2.75, 3.05) is 6.54 Å². The molecule has 0 radical (unpaired) electrons. The molecule has 0 aromatic rings. The van der Waals surface area contributed by atoms with E-state index in [4.69, 9.17) is 4.74 Å². The van der Waals surface area contributed by atoms with Crippen LogP contribution in [0.25, 0.3) is 0 Å². The minimum Gasteiger partial charge on any atom is -0.444 e. The van der Waals surface area contributed by atoms with Crippen molar-refractivity contribution >= 4 is 6.09 Å². The largest absolute Gasteiger partial charge is 0.444 e. The Morgan fingerprint density at radius 2 is 1.89 bits per heavy atom. The quantitative estimate of drug-likeness (QED) is 0.673. The number of piperidine rings is 1. The first-order valence-electron chi connectivity index (χ1n) is 6.17. The Morgan fingerprint density at radius 3 is 2.39 bits per heavy atom. The molecule has 1 heterocycles. The molecule has 0 bridgehead atoms. The Kier molecular flexibility index (Phi) is 3.02. The van der Waals surface area contributed by atoms with E-state index in [-0.39, 0.29) is 0 Å². The SMILES string of the molecule is CC(C)(C)OC(=O)N1CCC[C@@H]2[C@H]1[C@H]2C(F)(F)F. The van der Waals surface area contributed by atoms with Gasteiger partial charge in [0.15, 0.2) is 0 Å². The molecule has 0 N–H and O–H groups in total. The molecule has 3 atom stereocenters. The summed E-state index contributed by atoms with van der Waals surface area (Å²) in [5, 5.41) is 0. The van der Waals surface area contributed by atoms with Crippen LogP contribution in [0.1, 0.15) is 33.6 Å². The predicted octanol–water partition coefficient (Wildman–Crippen LogP) is 3.19. The number of hydrogen-bond acceptors (Lipinski definition) is 2. The molecular formula is C12H18F3NO2. The molecule has 1 saturated carbocycles. The fourth-order valence-corrected chi connectivity index (χ4v) is 2.75. The summed E-state index contributed by atoms with van der Waals surface area (Å²) >= 11 is 0. The molecule has 6 heteroatoms. The Labute approximate surface area is 104 Å². The third kappa shape index (κ3) is 2.57. The molecule has 0 spiro atoms. The van der Waals surface area contributed by atoms with Gasteiger partial charge in [0.05, 0.1) is 12.0 Å². The highest BCUT2D eigenvalue weighted by atomic mass is 19.4. The minimum absolute atomic E-state index is 0.364. The molecular weight excluding hydrogens is 247 g/mol. The molecule has 3 nitrogen and oxygen atoms in total. The summed E-state index contributed by atoms with van der Waals surface area (Å²) < 4.78 is 43.4. The van der Waals surface area contributed by atoms with Crippen LogP contribution >= 0.6 is 0 Å². The van der Waals surface area contributed by atoms with Crippen molar-refractivity contribution in [3.05, 3.63) is 0 Å². The van der Waals surface area contributed by atoms with Gasteiger partial charge in [0, 0.05) is 6.54 Å². The number of carbonyl (C=O) groups is 1. The fraction of sp³-hybridized carbons (Fsp3) is 0.917.